The molecule has 0 saturated heterocycles. The van der Waals surface area contributed by atoms with Gasteiger partial charge in [0.1, 0.15) is 17.9 Å². The quantitative estimate of drug-likeness (QED) is 0.623. The summed E-state index contributed by atoms with van der Waals surface area (Å²) in [5.74, 6) is 2.27. The van der Waals surface area contributed by atoms with E-state index in [2.05, 4.69) is 16.0 Å². The van der Waals surface area contributed by atoms with Gasteiger partial charge in [-0.15, -0.1) is 6.42 Å². The number of rotatable bonds is 4. The SMILES string of the molecule is C#CCOc1c(C(=O)OCC)cnc2c1c(C)nn2C. The van der Waals surface area contributed by atoms with Crippen molar-refractivity contribution in [3.8, 4) is 18.1 Å². The van der Waals surface area contributed by atoms with E-state index in [-0.39, 0.29) is 18.8 Å². The van der Waals surface area contributed by atoms with Crippen molar-refractivity contribution in [3.05, 3.63) is 17.5 Å². The van der Waals surface area contributed by atoms with Crippen molar-refractivity contribution in [1.29, 1.82) is 0 Å². The summed E-state index contributed by atoms with van der Waals surface area (Å²) in [5, 5.41) is 4.95. The summed E-state index contributed by atoms with van der Waals surface area (Å²) in [7, 11) is 1.78. The minimum atomic E-state index is -0.489. The van der Waals surface area contributed by atoms with Gasteiger partial charge in [0.15, 0.2) is 5.65 Å². The van der Waals surface area contributed by atoms with Gasteiger partial charge in [-0.2, -0.15) is 5.10 Å². The Morgan fingerprint density at radius 2 is 2.30 bits per heavy atom. The molecule has 0 radical (unpaired) electrons. The normalized spacial score (nSPS) is 10.3. The molecule has 2 heterocycles. The van der Waals surface area contributed by atoms with E-state index >= 15 is 0 Å². The molecule has 0 amide bonds. The van der Waals surface area contributed by atoms with Gasteiger partial charge in [-0.3, -0.25) is 4.68 Å². The second-order valence-electron chi connectivity index (χ2n) is 4.12. The Morgan fingerprint density at radius 3 is 2.95 bits per heavy atom. The van der Waals surface area contributed by atoms with Crippen LogP contribution in [0.4, 0.5) is 0 Å². The van der Waals surface area contributed by atoms with Crippen molar-refractivity contribution < 1.29 is 14.3 Å². The van der Waals surface area contributed by atoms with Crippen LogP contribution in [0.5, 0.6) is 5.75 Å². The third-order valence-corrected chi connectivity index (χ3v) is 2.77. The fraction of sp³-hybridized carbons (Fsp3) is 0.357. The molecule has 0 fully saturated rings. The molecule has 0 N–H and O–H groups in total. The van der Waals surface area contributed by atoms with Crippen LogP contribution in [0, 0.1) is 19.3 Å². The molecule has 104 valence electrons. The zero-order valence-corrected chi connectivity index (χ0v) is 11.6. The van der Waals surface area contributed by atoms with E-state index in [1.807, 2.05) is 6.92 Å². The van der Waals surface area contributed by atoms with Crippen molar-refractivity contribution in [1.82, 2.24) is 14.8 Å². The largest absolute Gasteiger partial charge is 0.479 e. The first-order valence-corrected chi connectivity index (χ1v) is 6.15. The lowest BCUT2D eigenvalue weighted by Crippen LogP contribution is -2.09. The highest BCUT2D eigenvalue weighted by molar-refractivity contribution is 5.99. The van der Waals surface area contributed by atoms with Gasteiger partial charge in [0.2, 0.25) is 0 Å². The van der Waals surface area contributed by atoms with E-state index in [1.54, 1.807) is 18.7 Å². The van der Waals surface area contributed by atoms with Gasteiger partial charge in [-0.1, -0.05) is 5.92 Å². The third-order valence-electron chi connectivity index (χ3n) is 2.77. The van der Waals surface area contributed by atoms with Gasteiger partial charge < -0.3 is 9.47 Å². The molecule has 6 heteroatoms. The third kappa shape index (κ3) is 2.30. The van der Waals surface area contributed by atoms with Crippen LogP contribution < -0.4 is 4.74 Å². The Bertz CT molecular complexity index is 698. The summed E-state index contributed by atoms with van der Waals surface area (Å²) in [6, 6.07) is 0. The number of esters is 1. The number of terminal acetylenes is 1. The number of nitrogens with zero attached hydrogens (tertiary/aromatic N) is 3. The van der Waals surface area contributed by atoms with E-state index in [1.165, 1.54) is 6.20 Å². The Morgan fingerprint density at radius 1 is 1.55 bits per heavy atom. The minimum Gasteiger partial charge on any atom is -0.479 e. The topological polar surface area (TPSA) is 66.2 Å². The lowest BCUT2D eigenvalue weighted by Gasteiger charge is -2.10. The maximum absolute atomic E-state index is 12.0. The summed E-state index contributed by atoms with van der Waals surface area (Å²) in [4.78, 5) is 16.2. The highest BCUT2D eigenvalue weighted by Crippen LogP contribution is 2.31. The van der Waals surface area contributed by atoms with Gasteiger partial charge in [-0.05, 0) is 13.8 Å². The van der Waals surface area contributed by atoms with Crippen LogP contribution in [-0.2, 0) is 11.8 Å². The smallest absolute Gasteiger partial charge is 0.343 e. The number of hydrogen-bond donors (Lipinski definition) is 0. The molecule has 0 aliphatic heterocycles. The Kier molecular flexibility index (Phi) is 3.89. The molecule has 6 nitrogen and oxygen atoms in total. The molecule has 0 aliphatic rings. The van der Waals surface area contributed by atoms with Crippen LogP contribution in [0.15, 0.2) is 6.20 Å². The Balaban J connectivity index is 2.66. The number of hydrogen-bond acceptors (Lipinski definition) is 5. The van der Waals surface area contributed by atoms with Crippen molar-refractivity contribution in [2.24, 2.45) is 7.05 Å². The molecule has 0 atom stereocenters. The van der Waals surface area contributed by atoms with E-state index in [0.29, 0.717) is 22.5 Å². The van der Waals surface area contributed by atoms with Crippen molar-refractivity contribution in [2.75, 3.05) is 13.2 Å². The zero-order valence-electron chi connectivity index (χ0n) is 11.6. The van der Waals surface area contributed by atoms with E-state index in [4.69, 9.17) is 15.9 Å². The second kappa shape index (κ2) is 5.61. The fourth-order valence-corrected chi connectivity index (χ4v) is 2.00. The Labute approximate surface area is 116 Å². The summed E-state index contributed by atoms with van der Waals surface area (Å²) < 4.78 is 12.2. The minimum absolute atomic E-state index is 0.0554. The molecular formula is C14H15N3O3. The number of pyridine rings is 1. The van der Waals surface area contributed by atoms with E-state index < -0.39 is 5.97 Å². The maximum Gasteiger partial charge on any atom is 0.343 e. The van der Waals surface area contributed by atoms with Crippen LogP contribution in [0.2, 0.25) is 0 Å². The lowest BCUT2D eigenvalue weighted by molar-refractivity contribution is 0.0522. The first kappa shape index (κ1) is 13.9. The summed E-state index contributed by atoms with van der Waals surface area (Å²) in [6.07, 6.45) is 6.64. The molecule has 0 spiro atoms. The van der Waals surface area contributed by atoms with Crippen molar-refractivity contribution in [3.63, 3.8) is 0 Å². The van der Waals surface area contributed by atoms with Crippen molar-refractivity contribution in [2.45, 2.75) is 13.8 Å². The zero-order chi connectivity index (χ0) is 14.7. The van der Waals surface area contributed by atoms with Crippen LogP contribution >= 0.6 is 0 Å². The van der Waals surface area contributed by atoms with E-state index in [0.717, 1.165) is 0 Å². The van der Waals surface area contributed by atoms with Crippen molar-refractivity contribution >= 4 is 17.0 Å². The van der Waals surface area contributed by atoms with E-state index in [9.17, 15) is 4.79 Å². The monoisotopic (exact) mass is 273 g/mol. The molecule has 0 unspecified atom stereocenters. The molecule has 2 rings (SSSR count). The summed E-state index contributed by atoms with van der Waals surface area (Å²) in [5.41, 5.74) is 1.60. The fourth-order valence-electron chi connectivity index (χ4n) is 2.00. The molecule has 0 saturated carbocycles. The molecule has 20 heavy (non-hydrogen) atoms. The van der Waals surface area contributed by atoms with Gasteiger partial charge in [0.25, 0.3) is 0 Å². The molecule has 2 aromatic heterocycles. The number of fused-ring (bicyclic) bond motifs is 1. The van der Waals surface area contributed by atoms with Gasteiger partial charge in [0.05, 0.1) is 17.7 Å². The number of aromatic nitrogens is 3. The average molecular weight is 273 g/mol. The number of carbonyl (C=O) groups excluding carboxylic acids is 1. The number of aryl methyl sites for hydroxylation is 2. The second-order valence-corrected chi connectivity index (χ2v) is 4.12. The number of ether oxygens (including phenoxy) is 2. The Hall–Kier alpha value is -2.55. The van der Waals surface area contributed by atoms with Crippen LogP contribution in [0.1, 0.15) is 23.0 Å². The summed E-state index contributed by atoms with van der Waals surface area (Å²) >= 11 is 0. The summed E-state index contributed by atoms with van der Waals surface area (Å²) in [6.45, 7) is 3.89. The maximum atomic E-state index is 12.0. The molecule has 0 aromatic carbocycles. The average Bonchev–Trinajstić information content (AvgIpc) is 2.72. The highest BCUT2D eigenvalue weighted by atomic mass is 16.5. The molecule has 0 aliphatic carbocycles. The predicted molar refractivity (Wildman–Crippen MR) is 73.5 cm³/mol. The van der Waals surface area contributed by atoms with Crippen LogP contribution in [-0.4, -0.2) is 33.9 Å². The first-order valence-electron chi connectivity index (χ1n) is 6.15. The lowest BCUT2D eigenvalue weighted by atomic mass is 10.1. The highest BCUT2D eigenvalue weighted by Gasteiger charge is 2.21. The van der Waals surface area contributed by atoms with Crippen LogP contribution in [0.3, 0.4) is 0 Å². The first-order chi connectivity index (χ1) is 9.60. The molecule has 2 aromatic rings. The van der Waals surface area contributed by atoms with Gasteiger partial charge in [-0.25, -0.2) is 9.78 Å². The van der Waals surface area contributed by atoms with Gasteiger partial charge >= 0.3 is 5.97 Å². The van der Waals surface area contributed by atoms with Gasteiger partial charge in [0, 0.05) is 13.2 Å². The molecule has 0 bridgehead atoms. The molecular weight excluding hydrogens is 258 g/mol. The number of carbonyl (C=O) groups is 1. The van der Waals surface area contributed by atoms with Crippen LogP contribution in [0.25, 0.3) is 11.0 Å². The predicted octanol–water partition coefficient (Wildman–Crippen LogP) is 1.47. The standard InChI is InChI=1S/C14H15N3O3/c1-5-7-20-12-10(14(18)19-6-2)8-15-13-11(12)9(3)16-17(13)4/h1,8H,6-7H2,2-4H3.